The number of rotatable bonds is 4. The largest absolute Gasteiger partial charge is 0.463 e. The molecular formula is C14H18N2O2. The van der Waals surface area contributed by atoms with Gasteiger partial charge in [0.15, 0.2) is 0 Å². The second-order valence-corrected chi connectivity index (χ2v) is 4.23. The van der Waals surface area contributed by atoms with E-state index in [1.165, 1.54) is 18.9 Å². The first kappa shape index (κ1) is 12.6. The van der Waals surface area contributed by atoms with Crippen molar-refractivity contribution >= 4 is 17.9 Å². The molecule has 1 aromatic rings. The van der Waals surface area contributed by atoms with Crippen molar-refractivity contribution in [1.29, 1.82) is 0 Å². The lowest BCUT2D eigenvalue weighted by Gasteiger charge is -2.15. The van der Waals surface area contributed by atoms with Gasteiger partial charge in [0.2, 0.25) is 0 Å². The van der Waals surface area contributed by atoms with E-state index in [1.54, 1.807) is 19.2 Å². The Morgan fingerprint density at radius 3 is 2.83 bits per heavy atom. The summed E-state index contributed by atoms with van der Waals surface area (Å²) in [6.45, 7) is 4.36. The van der Waals surface area contributed by atoms with Crippen LogP contribution in [-0.2, 0) is 9.53 Å². The highest BCUT2D eigenvalue weighted by Crippen LogP contribution is 2.17. The number of aromatic nitrogens is 1. The summed E-state index contributed by atoms with van der Waals surface area (Å²) in [6, 6.07) is 3.96. The predicted octanol–water partition coefficient (Wildman–Crippen LogP) is 2.26. The number of pyridine rings is 1. The van der Waals surface area contributed by atoms with Gasteiger partial charge in [0.1, 0.15) is 5.82 Å². The molecule has 4 heteroatoms. The van der Waals surface area contributed by atoms with Crippen LogP contribution in [0.3, 0.4) is 0 Å². The normalized spacial score (nSPS) is 15.3. The number of nitrogens with zero attached hydrogens (tertiary/aromatic N) is 2. The van der Waals surface area contributed by atoms with E-state index in [9.17, 15) is 4.79 Å². The molecule has 1 aliphatic heterocycles. The van der Waals surface area contributed by atoms with Crippen molar-refractivity contribution in [2.24, 2.45) is 0 Å². The topological polar surface area (TPSA) is 42.4 Å². The number of hydrogen-bond acceptors (Lipinski definition) is 4. The maximum absolute atomic E-state index is 11.2. The summed E-state index contributed by atoms with van der Waals surface area (Å²) in [4.78, 5) is 17.8. The summed E-state index contributed by atoms with van der Waals surface area (Å²) in [7, 11) is 0. The Morgan fingerprint density at radius 1 is 1.44 bits per heavy atom. The molecule has 0 aromatic carbocycles. The molecule has 0 N–H and O–H groups in total. The van der Waals surface area contributed by atoms with Crippen molar-refractivity contribution in [2.75, 3.05) is 24.6 Å². The molecule has 0 amide bonds. The third-order valence-corrected chi connectivity index (χ3v) is 2.90. The van der Waals surface area contributed by atoms with Crippen molar-refractivity contribution in [1.82, 2.24) is 4.98 Å². The molecule has 0 unspecified atom stereocenters. The number of hydrogen-bond donors (Lipinski definition) is 0. The zero-order valence-electron chi connectivity index (χ0n) is 10.6. The predicted molar refractivity (Wildman–Crippen MR) is 71.4 cm³/mol. The van der Waals surface area contributed by atoms with Crippen molar-refractivity contribution in [3.63, 3.8) is 0 Å². The van der Waals surface area contributed by atoms with E-state index >= 15 is 0 Å². The van der Waals surface area contributed by atoms with Crippen molar-refractivity contribution < 1.29 is 9.53 Å². The van der Waals surface area contributed by atoms with Gasteiger partial charge in [-0.1, -0.05) is 0 Å². The maximum Gasteiger partial charge on any atom is 0.330 e. The first-order valence-electron chi connectivity index (χ1n) is 6.35. The lowest BCUT2D eigenvalue weighted by molar-refractivity contribution is -0.137. The Hall–Kier alpha value is -1.84. The van der Waals surface area contributed by atoms with Gasteiger partial charge in [-0.15, -0.1) is 0 Å². The summed E-state index contributed by atoms with van der Waals surface area (Å²) in [5.74, 6) is 0.696. The molecular weight excluding hydrogens is 228 g/mol. The van der Waals surface area contributed by atoms with Gasteiger partial charge in [-0.05, 0) is 43.5 Å². The van der Waals surface area contributed by atoms with E-state index < -0.39 is 0 Å². The molecule has 0 atom stereocenters. The van der Waals surface area contributed by atoms with Gasteiger partial charge in [-0.2, -0.15) is 0 Å². The second kappa shape index (κ2) is 6.19. The van der Waals surface area contributed by atoms with E-state index in [0.29, 0.717) is 6.61 Å². The second-order valence-electron chi connectivity index (χ2n) is 4.23. The Kier molecular flexibility index (Phi) is 4.34. The molecule has 2 heterocycles. The van der Waals surface area contributed by atoms with Crippen LogP contribution in [0.5, 0.6) is 0 Å². The van der Waals surface area contributed by atoms with Gasteiger partial charge in [-0.25, -0.2) is 9.78 Å². The van der Waals surface area contributed by atoms with Crippen LogP contribution in [0.25, 0.3) is 6.08 Å². The standard InChI is InChI=1S/C14H18N2O2/c1-2-18-14(17)8-6-12-5-7-13(15-11-12)16-9-3-4-10-16/h5-8,11H,2-4,9-10H2,1H3/b8-6+. The molecule has 1 aromatic heterocycles. The Bertz CT molecular complexity index is 420. The molecule has 2 rings (SSSR count). The minimum atomic E-state index is -0.318. The van der Waals surface area contributed by atoms with Crippen LogP contribution in [0, 0.1) is 0 Å². The van der Waals surface area contributed by atoms with E-state index in [-0.39, 0.29) is 5.97 Å². The van der Waals surface area contributed by atoms with E-state index in [0.717, 1.165) is 24.5 Å². The third kappa shape index (κ3) is 3.32. The maximum atomic E-state index is 11.2. The smallest absolute Gasteiger partial charge is 0.330 e. The number of anilines is 1. The highest BCUT2D eigenvalue weighted by atomic mass is 16.5. The van der Waals surface area contributed by atoms with E-state index in [2.05, 4.69) is 9.88 Å². The van der Waals surface area contributed by atoms with E-state index in [4.69, 9.17) is 4.74 Å². The van der Waals surface area contributed by atoms with E-state index in [1.807, 2.05) is 12.1 Å². The van der Waals surface area contributed by atoms with Gasteiger partial charge in [0.05, 0.1) is 6.61 Å². The fraction of sp³-hybridized carbons (Fsp3) is 0.429. The number of carbonyl (C=O) groups is 1. The molecule has 18 heavy (non-hydrogen) atoms. The summed E-state index contributed by atoms with van der Waals surface area (Å²) in [6.07, 6.45) is 7.41. The van der Waals surface area contributed by atoms with Crippen LogP contribution < -0.4 is 4.90 Å². The van der Waals surface area contributed by atoms with Gasteiger partial charge in [-0.3, -0.25) is 0 Å². The molecule has 0 saturated carbocycles. The van der Waals surface area contributed by atoms with Crippen LogP contribution in [0.2, 0.25) is 0 Å². The lowest BCUT2D eigenvalue weighted by atomic mass is 10.2. The zero-order chi connectivity index (χ0) is 12.8. The van der Waals surface area contributed by atoms with Crippen LogP contribution in [-0.4, -0.2) is 30.6 Å². The molecule has 96 valence electrons. The third-order valence-electron chi connectivity index (χ3n) is 2.90. The Morgan fingerprint density at radius 2 is 2.22 bits per heavy atom. The fourth-order valence-electron chi connectivity index (χ4n) is 1.98. The monoisotopic (exact) mass is 246 g/mol. The minimum absolute atomic E-state index is 0.318. The summed E-state index contributed by atoms with van der Waals surface area (Å²) >= 11 is 0. The van der Waals surface area contributed by atoms with Gasteiger partial charge >= 0.3 is 5.97 Å². The van der Waals surface area contributed by atoms with Crippen LogP contribution in [0.4, 0.5) is 5.82 Å². The first-order chi connectivity index (χ1) is 8.79. The molecule has 0 radical (unpaired) electrons. The minimum Gasteiger partial charge on any atom is -0.463 e. The lowest BCUT2D eigenvalue weighted by Crippen LogP contribution is -2.18. The highest BCUT2D eigenvalue weighted by Gasteiger charge is 2.12. The van der Waals surface area contributed by atoms with Gasteiger partial charge in [0.25, 0.3) is 0 Å². The first-order valence-corrected chi connectivity index (χ1v) is 6.35. The van der Waals surface area contributed by atoms with Crippen molar-refractivity contribution in [2.45, 2.75) is 19.8 Å². The molecule has 0 aliphatic carbocycles. The summed E-state index contributed by atoms with van der Waals surface area (Å²) in [5.41, 5.74) is 0.908. The number of esters is 1. The molecule has 4 nitrogen and oxygen atoms in total. The van der Waals surface area contributed by atoms with Crippen molar-refractivity contribution in [3.8, 4) is 0 Å². The molecule has 0 spiro atoms. The number of ether oxygens (including phenoxy) is 1. The molecule has 1 aliphatic rings. The quantitative estimate of drug-likeness (QED) is 0.603. The van der Waals surface area contributed by atoms with Crippen molar-refractivity contribution in [3.05, 3.63) is 30.0 Å². The van der Waals surface area contributed by atoms with Gasteiger partial charge < -0.3 is 9.64 Å². The average molecular weight is 246 g/mol. The average Bonchev–Trinajstić information content (AvgIpc) is 2.91. The van der Waals surface area contributed by atoms with Gasteiger partial charge in [0, 0.05) is 25.4 Å². The summed E-state index contributed by atoms with van der Waals surface area (Å²) < 4.78 is 4.81. The molecule has 1 saturated heterocycles. The SMILES string of the molecule is CCOC(=O)/C=C/c1ccc(N2CCCC2)nc1. The van der Waals surface area contributed by atoms with Crippen LogP contribution >= 0.6 is 0 Å². The Balaban J connectivity index is 1.96. The highest BCUT2D eigenvalue weighted by molar-refractivity contribution is 5.86. The summed E-state index contributed by atoms with van der Waals surface area (Å²) in [5, 5.41) is 0. The zero-order valence-corrected chi connectivity index (χ0v) is 10.6. The Labute approximate surface area is 107 Å². The molecule has 1 fully saturated rings. The number of carbonyl (C=O) groups excluding carboxylic acids is 1. The van der Waals surface area contributed by atoms with Crippen LogP contribution in [0.1, 0.15) is 25.3 Å². The molecule has 0 bridgehead atoms. The van der Waals surface area contributed by atoms with Crippen LogP contribution in [0.15, 0.2) is 24.4 Å². The fourth-order valence-corrected chi connectivity index (χ4v) is 1.98.